The highest BCUT2D eigenvalue weighted by molar-refractivity contribution is 5.51. The van der Waals surface area contributed by atoms with Gasteiger partial charge in [-0.1, -0.05) is 12.1 Å². The minimum Gasteiger partial charge on any atom is -0.392 e. The molecule has 0 amide bonds. The molecule has 2 aromatic carbocycles. The van der Waals surface area contributed by atoms with Gasteiger partial charge in [-0.25, -0.2) is 8.78 Å². The molecular weight excluding hydrogens is 338 g/mol. The van der Waals surface area contributed by atoms with Crippen LogP contribution >= 0.6 is 0 Å². The van der Waals surface area contributed by atoms with Crippen LogP contribution < -0.4 is 9.80 Å². The summed E-state index contributed by atoms with van der Waals surface area (Å²) < 4.78 is 28.9. The van der Waals surface area contributed by atoms with E-state index in [1.165, 1.54) is 12.1 Å². The Labute approximate surface area is 152 Å². The van der Waals surface area contributed by atoms with Crippen LogP contribution in [0.1, 0.15) is 23.0 Å². The smallest absolute Gasteiger partial charge is 0.128 e. The molecule has 0 aliphatic heterocycles. The van der Waals surface area contributed by atoms with Gasteiger partial charge in [0.25, 0.3) is 0 Å². The van der Waals surface area contributed by atoms with E-state index < -0.39 is 35.7 Å². The van der Waals surface area contributed by atoms with Gasteiger partial charge in [0, 0.05) is 51.4 Å². The number of anilines is 2. The predicted molar refractivity (Wildman–Crippen MR) is 98.9 cm³/mol. The highest BCUT2D eigenvalue weighted by Crippen LogP contribution is 2.49. The van der Waals surface area contributed by atoms with Gasteiger partial charge in [0.15, 0.2) is 0 Å². The molecule has 140 valence electrons. The van der Waals surface area contributed by atoms with Gasteiger partial charge < -0.3 is 20.0 Å². The second-order valence-corrected chi connectivity index (χ2v) is 7.23. The first-order valence-corrected chi connectivity index (χ1v) is 8.52. The van der Waals surface area contributed by atoms with Gasteiger partial charge in [-0.3, -0.25) is 0 Å². The second kappa shape index (κ2) is 6.85. The van der Waals surface area contributed by atoms with Crippen LogP contribution in [0.4, 0.5) is 20.2 Å². The van der Waals surface area contributed by atoms with Crippen molar-refractivity contribution in [3.8, 4) is 0 Å². The van der Waals surface area contributed by atoms with Crippen molar-refractivity contribution in [2.75, 3.05) is 38.0 Å². The second-order valence-electron chi connectivity index (χ2n) is 7.23. The van der Waals surface area contributed by atoms with Crippen molar-refractivity contribution >= 4 is 11.4 Å². The number of aliphatic hydroxyl groups is 2. The Morgan fingerprint density at radius 2 is 1.04 bits per heavy atom. The third kappa shape index (κ3) is 3.04. The van der Waals surface area contributed by atoms with Crippen molar-refractivity contribution in [3.05, 3.63) is 59.2 Å². The van der Waals surface area contributed by atoms with Crippen molar-refractivity contribution in [3.63, 3.8) is 0 Å². The van der Waals surface area contributed by atoms with Crippen molar-refractivity contribution in [1.82, 2.24) is 0 Å². The summed E-state index contributed by atoms with van der Waals surface area (Å²) >= 11 is 0. The molecule has 0 heterocycles. The minimum absolute atomic E-state index is 0.247. The minimum atomic E-state index is -1.05. The maximum atomic E-state index is 14.5. The average molecular weight is 362 g/mol. The number of nitrogens with zero attached hydrogens (tertiary/aromatic N) is 2. The fourth-order valence-electron chi connectivity index (χ4n) is 3.57. The molecule has 4 nitrogen and oxygen atoms in total. The summed E-state index contributed by atoms with van der Waals surface area (Å²) in [5.41, 5.74) is 1.88. The van der Waals surface area contributed by atoms with E-state index in [0.29, 0.717) is 11.4 Å². The largest absolute Gasteiger partial charge is 0.392 e. The van der Waals surface area contributed by atoms with Crippen molar-refractivity contribution in [2.24, 2.45) is 0 Å². The summed E-state index contributed by atoms with van der Waals surface area (Å²) in [5, 5.41) is 21.1. The van der Waals surface area contributed by atoms with Gasteiger partial charge in [-0.05, 0) is 35.4 Å². The van der Waals surface area contributed by atoms with Crippen LogP contribution in [0.25, 0.3) is 0 Å². The van der Waals surface area contributed by atoms with Gasteiger partial charge in [-0.15, -0.1) is 0 Å². The zero-order valence-electron chi connectivity index (χ0n) is 15.3. The quantitative estimate of drug-likeness (QED) is 0.878. The van der Waals surface area contributed by atoms with Crippen LogP contribution in [0.3, 0.4) is 0 Å². The van der Waals surface area contributed by atoms with E-state index in [-0.39, 0.29) is 11.1 Å². The molecule has 0 spiro atoms. The molecule has 0 radical (unpaired) electrons. The fraction of sp³-hybridized carbons (Fsp3) is 0.400. The van der Waals surface area contributed by atoms with E-state index in [9.17, 15) is 19.0 Å². The number of halogens is 2. The lowest BCUT2D eigenvalue weighted by Gasteiger charge is -2.47. The molecule has 1 fully saturated rings. The highest BCUT2D eigenvalue weighted by Gasteiger charge is 2.52. The Morgan fingerprint density at radius 1 is 0.692 bits per heavy atom. The third-order valence-electron chi connectivity index (χ3n) is 5.19. The van der Waals surface area contributed by atoms with E-state index >= 15 is 0 Å². The van der Waals surface area contributed by atoms with Crippen LogP contribution in [0.2, 0.25) is 0 Å². The molecule has 0 unspecified atom stereocenters. The first-order chi connectivity index (χ1) is 12.2. The Hall–Kier alpha value is -2.18. The summed E-state index contributed by atoms with van der Waals surface area (Å²) in [5.74, 6) is -2.52. The maximum absolute atomic E-state index is 14.5. The molecule has 1 aliphatic carbocycles. The average Bonchev–Trinajstić information content (AvgIpc) is 2.58. The summed E-state index contributed by atoms with van der Waals surface area (Å²) in [6, 6.07) is 9.35. The molecule has 0 atom stereocenters. The Morgan fingerprint density at radius 3 is 1.31 bits per heavy atom. The lowest BCUT2D eigenvalue weighted by molar-refractivity contribution is -0.0806. The summed E-state index contributed by atoms with van der Waals surface area (Å²) in [4.78, 5) is 3.54. The fourth-order valence-corrected chi connectivity index (χ4v) is 3.57. The molecule has 0 saturated heterocycles. The topological polar surface area (TPSA) is 46.9 Å². The summed E-state index contributed by atoms with van der Waals surface area (Å²) in [7, 11) is 7.21. The van der Waals surface area contributed by atoms with E-state index in [2.05, 4.69) is 0 Å². The van der Waals surface area contributed by atoms with Crippen LogP contribution in [0, 0.1) is 11.6 Å². The van der Waals surface area contributed by atoms with Gasteiger partial charge in [0.1, 0.15) is 11.6 Å². The zero-order valence-corrected chi connectivity index (χ0v) is 15.3. The van der Waals surface area contributed by atoms with Crippen molar-refractivity contribution < 1.29 is 19.0 Å². The summed E-state index contributed by atoms with van der Waals surface area (Å²) in [6.45, 7) is 0. The zero-order chi connectivity index (χ0) is 19.2. The van der Waals surface area contributed by atoms with Gasteiger partial charge in [0.2, 0.25) is 0 Å². The molecule has 1 aliphatic rings. The van der Waals surface area contributed by atoms with Crippen LogP contribution in [-0.4, -0.2) is 50.6 Å². The number of aliphatic hydroxyl groups excluding tert-OH is 2. The molecule has 2 N–H and O–H groups in total. The molecule has 26 heavy (non-hydrogen) atoms. The summed E-state index contributed by atoms with van der Waals surface area (Å²) in [6.07, 6.45) is -2.10. The first-order valence-electron chi connectivity index (χ1n) is 8.52. The molecular formula is C20H24F2N2O2. The Bertz CT molecular complexity index is 735. The molecule has 3 rings (SSSR count). The van der Waals surface area contributed by atoms with E-state index in [0.717, 1.165) is 0 Å². The Balaban J connectivity index is 1.86. The molecule has 6 heteroatoms. The monoisotopic (exact) mass is 362 g/mol. The number of benzene rings is 2. The lowest BCUT2D eigenvalue weighted by atomic mass is 9.63. The van der Waals surface area contributed by atoms with Crippen molar-refractivity contribution in [1.29, 1.82) is 0 Å². The molecule has 0 aromatic heterocycles. The van der Waals surface area contributed by atoms with Crippen LogP contribution in [0.5, 0.6) is 0 Å². The van der Waals surface area contributed by atoms with Crippen LogP contribution in [-0.2, 0) is 0 Å². The Kier molecular flexibility index (Phi) is 4.90. The van der Waals surface area contributed by atoms with Gasteiger partial charge in [-0.2, -0.15) is 0 Å². The standard InChI is InChI=1S/C20H24F2N2O2/c1-23(2)11-5-7-13(15(21)9-11)17-19(25)18(20(17)26)14-8-6-12(24(3)4)10-16(14)22/h5-10,17-20,25-26H,1-4H3. The number of hydrogen-bond acceptors (Lipinski definition) is 4. The SMILES string of the molecule is CN(C)c1ccc(C2C(O)C(c3ccc(N(C)C)cc3F)C2O)c(F)c1. The lowest BCUT2D eigenvalue weighted by Crippen LogP contribution is -2.52. The number of hydrogen-bond donors (Lipinski definition) is 2. The van der Waals surface area contributed by atoms with Crippen molar-refractivity contribution in [2.45, 2.75) is 24.0 Å². The van der Waals surface area contributed by atoms with Gasteiger partial charge in [0.05, 0.1) is 12.2 Å². The van der Waals surface area contributed by atoms with Gasteiger partial charge >= 0.3 is 0 Å². The third-order valence-corrected chi connectivity index (χ3v) is 5.19. The predicted octanol–water partition coefficient (Wildman–Crippen LogP) is 2.70. The number of rotatable bonds is 4. The molecule has 1 saturated carbocycles. The van der Waals surface area contributed by atoms with E-state index in [1.54, 1.807) is 62.3 Å². The van der Waals surface area contributed by atoms with Crippen LogP contribution in [0.15, 0.2) is 36.4 Å². The normalized spacial score (nSPS) is 24.9. The maximum Gasteiger partial charge on any atom is 0.128 e. The molecule has 0 bridgehead atoms. The highest BCUT2D eigenvalue weighted by atomic mass is 19.1. The van der Waals surface area contributed by atoms with E-state index in [1.807, 2.05) is 0 Å². The van der Waals surface area contributed by atoms with E-state index in [4.69, 9.17) is 0 Å². The first kappa shape index (κ1) is 18.6. The molecule has 2 aromatic rings.